The van der Waals surface area contributed by atoms with Gasteiger partial charge in [-0.05, 0) is 41.9 Å². The number of benzene rings is 1. The predicted octanol–water partition coefficient (Wildman–Crippen LogP) is 2.26. The maximum atomic E-state index is 12.9. The number of nitrogens with zero attached hydrogens (tertiary/aromatic N) is 2. The highest BCUT2D eigenvalue weighted by atomic mass is 35.5. The second-order valence-electron chi connectivity index (χ2n) is 8.00. The van der Waals surface area contributed by atoms with Crippen molar-refractivity contribution in [2.24, 2.45) is 17.8 Å². The van der Waals surface area contributed by atoms with Crippen LogP contribution in [-0.4, -0.2) is 49.4 Å². The van der Waals surface area contributed by atoms with E-state index >= 15 is 0 Å². The van der Waals surface area contributed by atoms with Crippen LogP contribution in [0.1, 0.15) is 31.7 Å². The lowest BCUT2D eigenvalue weighted by atomic mass is 10.0. The normalized spacial score (nSPS) is 27.8. The zero-order valence-corrected chi connectivity index (χ0v) is 16.3. The highest BCUT2D eigenvalue weighted by Gasteiger charge is 2.44. The van der Waals surface area contributed by atoms with Crippen LogP contribution in [0.15, 0.2) is 24.3 Å². The van der Waals surface area contributed by atoms with E-state index in [0.717, 1.165) is 31.9 Å². The third-order valence-corrected chi connectivity index (χ3v) is 6.08. The fraction of sp³-hybridized carbons (Fsp3) is 0.600. The number of rotatable bonds is 3. The molecule has 3 saturated heterocycles. The molecule has 3 aliphatic heterocycles. The third kappa shape index (κ3) is 3.35. The lowest BCUT2D eigenvalue weighted by Crippen LogP contribution is -2.40. The van der Waals surface area contributed by atoms with Crippen LogP contribution in [0, 0.1) is 17.8 Å². The van der Waals surface area contributed by atoms with E-state index in [1.807, 2.05) is 17.0 Å². The first kappa shape index (κ1) is 19.2. The van der Waals surface area contributed by atoms with E-state index in [1.54, 1.807) is 4.90 Å². The molecule has 0 bridgehead atoms. The maximum absolute atomic E-state index is 12.9. The summed E-state index contributed by atoms with van der Waals surface area (Å²) < 4.78 is 0. The summed E-state index contributed by atoms with van der Waals surface area (Å²) in [5, 5.41) is 3.39. The number of likely N-dealkylation sites (tertiary alicyclic amines) is 1. The Hall–Kier alpha value is -1.59. The van der Waals surface area contributed by atoms with Gasteiger partial charge in [0, 0.05) is 38.4 Å². The van der Waals surface area contributed by atoms with Gasteiger partial charge >= 0.3 is 0 Å². The number of anilines is 1. The smallest absolute Gasteiger partial charge is 0.239 e. The van der Waals surface area contributed by atoms with E-state index in [-0.39, 0.29) is 24.2 Å². The standard InChI is InChI=1S/C20H27N3O2.ClH/c1-13(2)14-3-5-17(6-4-14)23-8-7-18(20(23)25)19(24)22-11-15-9-21-10-16(15)12-22;/h3-6,13,15-16,18,21H,7-12H2,1-2H3;1H/t15-,16+,18?;. The van der Waals surface area contributed by atoms with Gasteiger partial charge in [0.1, 0.15) is 5.92 Å². The molecule has 1 aromatic rings. The molecule has 0 aliphatic carbocycles. The van der Waals surface area contributed by atoms with E-state index in [9.17, 15) is 9.59 Å². The second kappa shape index (κ2) is 7.57. The maximum Gasteiger partial charge on any atom is 0.239 e. The third-order valence-electron chi connectivity index (χ3n) is 6.08. The van der Waals surface area contributed by atoms with Crippen LogP contribution >= 0.6 is 12.4 Å². The van der Waals surface area contributed by atoms with Crippen LogP contribution < -0.4 is 10.2 Å². The lowest BCUT2D eigenvalue weighted by Gasteiger charge is -2.22. The fourth-order valence-corrected chi connectivity index (χ4v) is 4.46. The van der Waals surface area contributed by atoms with Gasteiger partial charge in [-0.2, -0.15) is 0 Å². The molecule has 3 aliphatic rings. The largest absolute Gasteiger partial charge is 0.341 e. The number of nitrogens with one attached hydrogen (secondary N) is 1. The SMILES string of the molecule is CC(C)c1ccc(N2CCC(C(=O)N3C[C@H]4CNC[C@H]4C3)C2=O)cc1.Cl. The van der Waals surface area contributed by atoms with Gasteiger partial charge in [0.2, 0.25) is 11.8 Å². The van der Waals surface area contributed by atoms with E-state index in [0.29, 0.717) is 30.7 Å². The molecule has 3 fully saturated rings. The number of hydrogen-bond acceptors (Lipinski definition) is 3. The van der Waals surface area contributed by atoms with Crippen molar-refractivity contribution < 1.29 is 9.59 Å². The predicted molar refractivity (Wildman–Crippen MR) is 105 cm³/mol. The number of amides is 2. The van der Waals surface area contributed by atoms with Gasteiger partial charge < -0.3 is 15.1 Å². The minimum absolute atomic E-state index is 0. The summed E-state index contributed by atoms with van der Waals surface area (Å²) in [7, 11) is 0. The number of fused-ring (bicyclic) bond motifs is 1. The van der Waals surface area contributed by atoms with Crippen molar-refractivity contribution in [3.8, 4) is 0 Å². The Bertz CT molecular complexity index is 664. The van der Waals surface area contributed by atoms with E-state index in [4.69, 9.17) is 0 Å². The highest BCUT2D eigenvalue weighted by Crippen LogP contribution is 2.31. The van der Waals surface area contributed by atoms with E-state index in [2.05, 4.69) is 31.3 Å². The average Bonchev–Trinajstić information content (AvgIpc) is 3.28. The molecule has 142 valence electrons. The molecule has 0 saturated carbocycles. The van der Waals surface area contributed by atoms with Crippen molar-refractivity contribution in [3.05, 3.63) is 29.8 Å². The molecule has 6 heteroatoms. The minimum atomic E-state index is -0.489. The molecule has 3 heterocycles. The van der Waals surface area contributed by atoms with E-state index in [1.165, 1.54) is 5.56 Å². The zero-order chi connectivity index (χ0) is 17.6. The molecular formula is C20H28ClN3O2. The van der Waals surface area contributed by atoms with Crippen molar-refractivity contribution in [2.45, 2.75) is 26.2 Å². The van der Waals surface area contributed by atoms with Gasteiger partial charge in [-0.15, -0.1) is 12.4 Å². The topological polar surface area (TPSA) is 52.7 Å². The zero-order valence-electron chi connectivity index (χ0n) is 15.5. The quantitative estimate of drug-likeness (QED) is 0.822. The minimum Gasteiger partial charge on any atom is -0.341 e. The summed E-state index contributed by atoms with van der Waals surface area (Å²) in [5.41, 5.74) is 2.17. The van der Waals surface area contributed by atoms with Gasteiger partial charge in [0.25, 0.3) is 0 Å². The van der Waals surface area contributed by atoms with Crippen LogP contribution in [0.4, 0.5) is 5.69 Å². The summed E-state index contributed by atoms with van der Waals surface area (Å²) in [6, 6.07) is 8.17. The summed E-state index contributed by atoms with van der Waals surface area (Å²) in [6.07, 6.45) is 0.633. The molecule has 1 unspecified atom stereocenters. The first-order chi connectivity index (χ1) is 12.0. The number of halogens is 1. The molecule has 1 aromatic carbocycles. The molecule has 2 amide bonds. The Morgan fingerprint density at radius 1 is 1.12 bits per heavy atom. The Balaban J connectivity index is 0.00000196. The number of hydrogen-bond donors (Lipinski definition) is 1. The fourth-order valence-electron chi connectivity index (χ4n) is 4.46. The van der Waals surface area contributed by atoms with Crippen molar-refractivity contribution in [1.29, 1.82) is 0 Å². The summed E-state index contributed by atoms with van der Waals surface area (Å²) in [5.74, 6) is 1.14. The Morgan fingerprint density at radius 2 is 1.73 bits per heavy atom. The van der Waals surface area contributed by atoms with Crippen LogP contribution in [-0.2, 0) is 9.59 Å². The molecule has 0 radical (unpaired) electrons. The first-order valence-electron chi connectivity index (χ1n) is 9.45. The van der Waals surface area contributed by atoms with Crippen LogP contribution in [0.5, 0.6) is 0 Å². The first-order valence-corrected chi connectivity index (χ1v) is 9.45. The van der Waals surface area contributed by atoms with Gasteiger partial charge in [-0.3, -0.25) is 9.59 Å². The van der Waals surface area contributed by atoms with Gasteiger partial charge in [-0.25, -0.2) is 0 Å². The summed E-state index contributed by atoms with van der Waals surface area (Å²) in [4.78, 5) is 29.4. The number of carbonyl (C=O) groups is 2. The molecule has 4 rings (SSSR count). The molecule has 0 aromatic heterocycles. The van der Waals surface area contributed by atoms with Crippen LogP contribution in [0.2, 0.25) is 0 Å². The molecule has 0 spiro atoms. The monoisotopic (exact) mass is 377 g/mol. The van der Waals surface area contributed by atoms with Gasteiger partial charge in [0.05, 0.1) is 0 Å². The molecule has 26 heavy (non-hydrogen) atoms. The molecule has 1 N–H and O–H groups in total. The Morgan fingerprint density at radius 3 is 2.31 bits per heavy atom. The van der Waals surface area contributed by atoms with E-state index < -0.39 is 5.92 Å². The van der Waals surface area contributed by atoms with Crippen molar-refractivity contribution in [3.63, 3.8) is 0 Å². The van der Waals surface area contributed by atoms with Crippen molar-refractivity contribution >= 4 is 29.9 Å². The lowest BCUT2D eigenvalue weighted by molar-refractivity contribution is -0.139. The number of carbonyl (C=O) groups excluding carboxylic acids is 2. The van der Waals surface area contributed by atoms with Crippen molar-refractivity contribution in [2.75, 3.05) is 37.6 Å². The van der Waals surface area contributed by atoms with Crippen molar-refractivity contribution in [1.82, 2.24) is 10.2 Å². The Kier molecular flexibility index (Phi) is 5.58. The second-order valence-corrected chi connectivity index (χ2v) is 8.00. The summed E-state index contributed by atoms with van der Waals surface area (Å²) >= 11 is 0. The average molecular weight is 378 g/mol. The van der Waals surface area contributed by atoms with Gasteiger partial charge in [-0.1, -0.05) is 26.0 Å². The molecular weight excluding hydrogens is 350 g/mol. The summed E-state index contributed by atoms with van der Waals surface area (Å²) in [6.45, 7) is 8.57. The van der Waals surface area contributed by atoms with Crippen LogP contribution in [0.25, 0.3) is 0 Å². The highest BCUT2D eigenvalue weighted by molar-refractivity contribution is 6.09. The van der Waals surface area contributed by atoms with Crippen LogP contribution in [0.3, 0.4) is 0 Å². The molecule has 5 nitrogen and oxygen atoms in total. The molecule has 3 atom stereocenters. The Labute approximate surface area is 161 Å². The van der Waals surface area contributed by atoms with Gasteiger partial charge in [0.15, 0.2) is 0 Å².